The lowest BCUT2D eigenvalue weighted by atomic mass is 10.1. The molecule has 1 aliphatic heterocycles. The SMILES string of the molecule is CCc1ccc(O[C@H]2C[C@@H](C(=O)O)N(C(=O)OC(C)(C)C)C2)c(Br)c1. The molecule has 0 radical (unpaired) electrons. The molecule has 1 heterocycles. The van der Waals surface area contributed by atoms with Gasteiger partial charge in [-0.2, -0.15) is 0 Å². The number of nitrogens with zero attached hydrogens (tertiary/aromatic N) is 1. The Hall–Kier alpha value is -1.76. The number of carbonyl (C=O) groups excluding carboxylic acids is 1. The molecule has 1 amide bonds. The Kier molecular flexibility index (Phi) is 5.98. The van der Waals surface area contributed by atoms with Gasteiger partial charge in [0, 0.05) is 6.42 Å². The number of carboxylic acid groups (broad SMARTS) is 1. The number of rotatable bonds is 4. The van der Waals surface area contributed by atoms with E-state index in [2.05, 4.69) is 22.9 Å². The molecule has 6 nitrogen and oxygen atoms in total. The monoisotopic (exact) mass is 413 g/mol. The minimum absolute atomic E-state index is 0.174. The fourth-order valence-electron chi connectivity index (χ4n) is 2.68. The highest BCUT2D eigenvalue weighted by atomic mass is 79.9. The second-order valence-corrected chi connectivity index (χ2v) is 7.93. The molecule has 7 heteroatoms. The van der Waals surface area contributed by atoms with Crippen LogP contribution >= 0.6 is 15.9 Å². The topological polar surface area (TPSA) is 76.1 Å². The normalized spacial score (nSPS) is 20.4. The van der Waals surface area contributed by atoms with Crippen LogP contribution in [0.5, 0.6) is 5.75 Å². The van der Waals surface area contributed by atoms with Gasteiger partial charge in [0.15, 0.2) is 0 Å². The van der Waals surface area contributed by atoms with Gasteiger partial charge in [0.2, 0.25) is 0 Å². The number of carboxylic acids is 1. The van der Waals surface area contributed by atoms with Crippen molar-refractivity contribution >= 4 is 28.0 Å². The second-order valence-electron chi connectivity index (χ2n) is 7.08. The maximum absolute atomic E-state index is 12.3. The van der Waals surface area contributed by atoms with Gasteiger partial charge in [-0.3, -0.25) is 4.90 Å². The predicted octanol–water partition coefficient (Wildman–Crippen LogP) is 3.85. The lowest BCUT2D eigenvalue weighted by Crippen LogP contribution is -2.43. The molecule has 1 fully saturated rings. The van der Waals surface area contributed by atoms with Gasteiger partial charge < -0.3 is 14.6 Å². The largest absolute Gasteiger partial charge is 0.487 e. The van der Waals surface area contributed by atoms with E-state index >= 15 is 0 Å². The van der Waals surface area contributed by atoms with Crippen LogP contribution in [0.4, 0.5) is 4.79 Å². The van der Waals surface area contributed by atoms with E-state index in [4.69, 9.17) is 9.47 Å². The number of hydrogen-bond acceptors (Lipinski definition) is 4. The van der Waals surface area contributed by atoms with Crippen molar-refractivity contribution in [1.29, 1.82) is 0 Å². The molecule has 0 saturated carbocycles. The Balaban J connectivity index is 2.11. The van der Waals surface area contributed by atoms with Gasteiger partial charge >= 0.3 is 12.1 Å². The summed E-state index contributed by atoms with van der Waals surface area (Å²) in [6.07, 6.45) is 0.0932. The van der Waals surface area contributed by atoms with Crippen LogP contribution < -0.4 is 4.74 Å². The van der Waals surface area contributed by atoms with E-state index in [1.54, 1.807) is 20.8 Å². The first-order valence-electron chi connectivity index (χ1n) is 8.28. The van der Waals surface area contributed by atoms with Crippen LogP contribution in [0.25, 0.3) is 0 Å². The molecule has 25 heavy (non-hydrogen) atoms. The number of carbonyl (C=O) groups is 2. The zero-order valence-electron chi connectivity index (χ0n) is 14.9. The molecule has 1 aliphatic rings. The lowest BCUT2D eigenvalue weighted by Gasteiger charge is -2.26. The molecular formula is C18H24BrNO5. The van der Waals surface area contributed by atoms with Gasteiger partial charge in [-0.05, 0) is 60.8 Å². The fraction of sp³-hybridized carbons (Fsp3) is 0.556. The van der Waals surface area contributed by atoms with E-state index in [1.165, 1.54) is 10.5 Å². The van der Waals surface area contributed by atoms with Crippen molar-refractivity contribution in [3.05, 3.63) is 28.2 Å². The summed E-state index contributed by atoms with van der Waals surface area (Å²) in [5, 5.41) is 9.42. The molecule has 2 rings (SSSR count). The predicted molar refractivity (Wildman–Crippen MR) is 96.9 cm³/mol. The molecule has 0 aliphatic carbocycles. The van der Waals surface area contributed by atoms with Crippen LogP contribution in [-0.4, -0.2) is 46.4 Å². The quantitative estimate of drug-likeness (QED) is 0.810. The first kappa shape index (κ1) is 19.6. The Morgan fingerprint density at radius 2 is 2.04 bits per heavy atom. The van der Waals surface area contributed by atoms with Crippen LogP contribution in [-0.2, 0) is 16.0 Å². The summed E-state index contributed by atoms with van der Waals surface area (Å²) in [5.41, 5.74) is 0.488. The van der Waals surface area contributed by atoms with E-state index in [0.717, 1.165) is 10.9 Å². The van der Waals surface area contributed by atoms with Crippen LogP contribution in [0.2, 0.25) is 0 Å². The minimum atomic E-state index is -1.06. The first-order chi connectivity index (χ1) is 11.6. The molecule has 1 saturated heterocycles. The Morgan fingerprint density at radius 3 is 2.56 bits per heavy atom. The number of halogens is 1. The standard InChI is InChI=1S/C18H24BrNO5/c1-5-11-6-7-15(13(19)8-11)24-12-9-14(16(21)22)20(10-12)17(23)25-18(2,3)4/h6-8,12,14H,5,9-10H2,1-4H3,(H,21,22)/t12-,14-/m0/s1. The second kappa shape index (κ2) is 7.64. The highest BCUT2D eigenvalue weighted by Crippen LogP contribution is 2.31. The third-order valence-corrected chi connectivity index (χ3v) is 4.49. The van der Waals surface area contributed by atoms with E-state index < -0.39 is 29.8 Å². The van der Waals surface area contributed by atoms with E-state index in [0.29, 0.717) is 5.75 Å². The van der Waals surface area contributed by atoms with Crippen molar-refractivity contribution in [2.24, 2.45) is 0 Å². The third-order valence-electron chi connectivity index (χ3n) is 3.87. The number of hydrogen-bond donors (Lipinski definition) is 1. The molecule has 0 bridgehead atoms. The highest BCUT2D eigenvalue weighted by molar-refractivity contribution is 9.10. The van der Waals surface area contributed by atoms with Gasteiger partial charge in [-0.1, -0.05) is 13.0 Å². The minimum Gasteiger partial charge on any atom is -0.487 e. The zero-order valence-corrected chi connectivity index (χ0v) is 16.5. The summed E-state index contributed by atoms with van der Waals surface area (Å²) < 4.78 is 12.1. The van der Waals surface area contributed by atoms with Gasteiger partial charge in [0.25, 0.3) is 0 Å². The Bertz CT molecular complexity index is 655. The Morgan fingerprint density at radius 1 is 1.36 bits per heavy atom. The van der Waals surface area contributed by atoms with Crippen molar-refractivity contribution in [1.82, 2.24) is 4.90 Å². The average Bonchev–Trinajstić information content (AvgIpc) is 2.92. The van der Waals surface area contributed by atoms with Crippen molar-refractivity contribution in [2.45, 2.75) is 58.3 Å². The summed E-state index contributed by atoms with van der Waals surface area (Å²) in [4.78, 5) is 25.0. The molecule has 2 atom stereocenters. The number of benzene rings is 1. The highest BCUT2D eigenvalue weighted by Gasteiger charge is 2.42. The molecule has 138 valence electrons. The van der Waals surface area contributed by atoms with Gasteiger partial charge in [-0.15, -0.1) is 0 Å². The summed E-state index contributed by atoms with van der Waals surface area (Å²) in [6.45, 7) is 7.48. The number of amides is 1. The van der Waals surface area contributed by atoms with Crippen molar-refractivity contribution in [2.75, 3.05) is 6.54 Å². The van der Waals surface area contributed by atoms with E-state index in [9.17, 15) is 14.7 Å². The molecular weight excluding hydrogens is 390 g/mol. The van der Waals surface area contributed by atoms with Gasteiger partial charge in [0.05, 0.1) is 11.0 Å². The molecule has 1 N–H and O–H groups in total. The molecule has 1 aromatic rings. The van der Waals surface area contributed by atoms with Crippen LogP contribution in [0, 0.1) is 0 Å². The molecule has 0 aromatic heterocycles. The lowest BCUT2D eigenvalue weighted by molar-refractivity contribution is -0.142. The molecule has 0 unspecified atom stereocenters. The first-order valence-corrected chi connectivity index (χ1v) is 9.07. The maximum atomic E-state index is 12.3. The van der Waals surface area contributed by atoms with Crippen LogP contribution in [0.3, 0.4) is 0 Å². The van der Waals surface area contributed by atoms with Crippen LogP contribution in [0.15, 0.2) is 22.7 Å². The smallest absolute Gasteiger partial charge is 0.411 e. The molecule has 0 spiro atoms. The van der Waals surface area contributed by atoms with E-state index in [-0.39, 0.29) is 13.0 Å². The van der Waals surface area contributed by atoms with Gasteiger partial charge in [-0.25, -0.2) is 9.59 Å². The fourth-order valence-corrected chi connectivity index (χ4v) is 3.20. The van der Waals surface area contributed by atoms with E-state index in [1.807, 2.05) is 18.2 Å². The van der Waals surface area contributed by atoms with Crippen molar-refractivity contribution in [3.8, 4) is 5.75 Å². The maximum Gasteiger partial charge on any atom is 0.411 e. The van der Waals surface area contributed by atoms with Crippen molar-refractivity contribution < 1.29 is 24.2 Å². The molecule has 1 aromatic carbocycles. The summed E-state index contributed by atoms with van der Waals surface area (Å²) in [6, 6.07) is 4.85. The summed E-state index contributed by atoms with van der Waals surface area (Å²) >= 11 is 3.48. The number of likely N-dealkylation sites (tertiary alicyclic amines) is 1. The number of ether oxygens (including phenoxy) is 2. The summed E-state index contributed by atoms with van der Waals surface area (Å²) in [5.74, 6) is -0.422. The number of aliphatic carboxylic acids is 1. The summed E-state index contributed by atoms with van der Waals surface area (Å²) in [7, 11) is 0. The van der Waals surface area contributed by atoms with Gasteiger partial charge in [0.1, 0.15) is 23.5 Å². The number of aryl methyl sites for hydroxylation is 1. The Labute approximate surface area is 156 Å². The van der Waals surface area contributed by atoms with Crippen molar-refractivity contribution in [3.63, 3.8) is 0 Å². The zero-order chi connectivity index (χ0) is 18.8. The van der Waals surface area contributed by atoms with Crippen LogP contribution in [0.1, 0.15) is 39.7 Å². The third kappa shape index (κ3) is 5.11. The average molecular weight is 414 g/mol.